The molecular formula is C27H29N3O4. The van der Waals surface area contributed by atoms with Crippen LogP contribution in [-0.4, -0.2) is 31.2 Å². The first kappa shape index (κ1) is 24.5. The Labute approximate surface area is 199 Å². The molecule has 34 heavy (non-hydrogen) atoms. The fourth-order valence-electron chi connectivity index (χ4n) is 3.14. The molecule has 3 aromatic carbocycles. The molecule has 0 aliphatic heterocycles. The van der Waals surface area contributed by atoms with E-state index in [0.29, 0.717) is 29.2 Å². The van der Waals surface area contributed by atoms with Gasteiger partial charge in [-0.25, -0.2) is 5.43 Å². The number of amides is 2. The van der Waals surface area contributed by atoms with Crippen molar-refractivity contribution in [1.29, 1.82) is 0 Å². The van der Waals surface area contributed by atoms with Gasteiger partial charge in [0.15, 0.2) is 18.1 Å². The third kappa shape index (κ3) is 6.68. The molecule has 0 aliphatic rings. The molecule has 0 aliphatic carbocycles. The highest BCUT2D eigenvalue weighted by Crippen LogP contribution is 2.28. The van der Waals surface area contributed by atoms with Crippen LogP contribution >= 0.6 is 0 Å². The van der Waals surface area contributed by atoms with E-state index in [1.165, 1.54) is 6.21 Å². The summed E-state index contributed by atoms with van der Waals surface area (Å²) >= 11 is 0. The van der Waals surface area contributed by atoms with Crippen molar-refractivity contribution in [1.82, 2.24) is 5.43 Å². The van der Waals surface area contributed by atoms with Crippen LogP contribution in [0.4, 0.5) is 5.69 Å². The first-order valence-corrected chi connectivity index (χ1v) is 11.0. The number of hydrogen-bond donors (Lipinski definition) is 2. The molecule has 3 rings (SSSR count). The number of aryl methyl sites for hydroxylation is 2. The summed E-state index contributed by atoms with van der Waals surface area (Å²) in [5.41, 5.74) is 7.71. The molecule has 0 spiro atoms. The maximum atomic E-state index is 12.4. The van der Waals surface area contributed by atoms with Crippen LogP contribution in [-0.2, 0) is 4.79 Å². The van der Waals surface area contributed by atoms with Crippen LogP contribution in [0, 0.1) is 20.8 Å². The van der Waals surface area contributed by atoms with Crippen molar-refractivity contribution in [2.45, 2.75) is 27.7 Å². The fraction of sp³-hybridized carbons (Fsp3) is 0.222. The van der Waals surface area contributed by atoms with Crippen LogP contribution < -0.4 is 20.2 Å². The normalized spacial score (nSPS) is 10.7. The number of hydrogen-bond acceptors (Lipinski definition) is 5. The molecule has 2 N–H and O–H groups in total. The van der Waals surface area contributed by atoms with Crippen molar-refractivity contribution in [3.63, 3.8) is 0 Å². The van der Waals surface area contributed by atoms with Crippen LogP contribution in [0.2, 0.25) is 0 Å². The van der Waals surface area contributed by atoms with E-state index >= 15 is 0 Å². The number of nitrogens with one attached hydrogen (secondary N) is 2. The Balaban J connectivity index is 1.61. The molecule has 2 amide bonds. The maximum Gasteiger partial charge on any atom is 0.271 e. The smallest absolute Gasteiger partial charge is 0.271 e. The van der Waals surface area contributed by atoms with Gasteiger partial charge in [-0.1, -0.05) is 29.8 Å². The Hall–Kier alpha value is -4.13. The summed E-state index contributed by atoms with van der Waals surface area (Å²) < 4.78 is 11.4. The summed E-state index contributed by atoms with van der Waals surface area (Å²) in [4.78, 5) is 24.6. The lowest BCUT2D eigenvalue weighted by molar-refractivity contribution is -0.118. The van der Waals surface area contributed by atoms with E-state index in [9.17, 15) is 9.59 Å². The molecule has 176 valence electrons. The fourth-order valence-corrected chi connectivity index (χ4v) is 3.14. The molecule has 0 aromatic heterocycles. The Morgan fingerprint density at radius 3 is 2.44 bits per heavy atom. The third-order valence-corrected chi connectivity index (χ3v) is 5.20. The minimum atomic E-state index is -0.295. The zero-order valence-corrected chi connectivity index (χ0v) is 19.8. The van der Waals surface area contributed by atoms with Gasteiger partial charge in [-0.3, -0.25) is 9.59 Å². The van der Waals surface area contributed by atoms with E-state index < -0.39 is 0 Å². The summed E-state index contributed by atoms with van der Waals surface area (Å²) in [6, 6.07) is 18.2. The van der Waals surface area contributed by atoms with Gasteiger partial charge >= 0.3 is 0 Å². The van der Waals surface area contributed by atoms with Crippen molar-refractivity contribution >= 4 is 23.7 Å². The molecule has 0 saturated carbocycles. The highest BCUT2D eigenvalue weighted by atomic mass is 16.5. The van der Waals surface area contributed by atoms with Crippen molar-refractivity contribution in [3.8, 4) is 11.5 Å². The van der Waals surface area contributed by atoms with Gasteiger partial charge in [0.25, 0.3) is 11.8 Å². The maximum absolute atomic E-state index is 12.4. The van der Waals surface area contributed by atoms with E-state index in [2.05, 4.69) is 15.8 Å². The molecule has 0 fully saturated rings. The number of anilines is 1. The van der Waals surface area contributed by atoms with Gasteiger partial charge in [0.2, 0.25) is 0 Å². The summed E-state index contributed by atoms with van der Waals surface area (Å²) in [5, 5.41) is 6.90. The molecule has 0 saturated heterocycles. The van der Waals surface area contributed by atoms with Gasteiger partial charge in [-0.2, -0.15) is 5.10 Å². The molecule has 0 heterocycles. The quantitative estimate of drug-likeness (QED) is 0.356. The molecule has 0 unspecified atom stereocenters. The van der Waals surface area contributed by atoms with Crippen LogP contribution in [0.5, 0.6) is 11.5 Å². The Morgan fingerprint density at radius 1 is 0.941 bits per heavy atom. The first-order chi connectivity index (χ1) is 16.4. The van der Waals surface area contributed by atoms with Gasteiger partial charge in [-0.15, -0.1) is 0 Å². The lowest BCUT2D eigenvalue weighted by atomic mass is 10.1. The number of benzene rings is 3. The van der Waals surface area contributed by atoms with Crippen molar-refractivity contribution in [2.24, 2.45) is 5.10 Å². The third-order valence-electron chi connectivity index (χ3n) is 5.20. The molecule has 0 radical (unpaired) electrons. The zero-order chi connectivity index (χ0) is 24.5. The average Bonchev–Trinajstić information content (AvgIpc) is 2.82. The number of carbonyl (C=O) groups is 2. The summed E-state index contributed by atoms with van der Waals surface area (Å²) in [5.74, 6) is 0.367. The Morgan fingerprint density at radius 2 is 1.71 bits per heavy atom. The van der Waals surface area contributed by atoms with Gasteiger partial charge in [0.05, 0.1) is 12.8 Å². The number of ether oxygens (including phenoxy) is 2. The highest BCUT2D eigenvalue weighted by Gasteiger charge is 2.11. The second-order valence-electron chi connectivity index (χ2n) is 7.79. The Bertz CT molecular complexity index is 1190. The average molecular weight is 460 g/mol. The summed E-state index contributed by atoms with van der Waals surface area (Å²) in [6.45, 7) is 8.04. The zero-order valence-electron chi connectivity index (χ0n) is 19.8. The van der Waals surface area contributed by atoms with Crippen molar-refractivity contribution in [3.05, 3.63) is 88.5 Å². The number of hydrazone groups is 1. The minimum Gasteiger partial charge on any atom is -0.490 e. The minimum absolute atomic E-state index is 0.159. The van der Waals surface area contributed by atoms with E-state index in [1.54, 1.807) is 30.3 Å². The van der Waals surface area contributed by atoms with Crippen LogP contribution in [0.3, 0.4) is 0 Å². The number of nitrogens with zero attached hydrogens (tertiary/aromatic N) is 1. The lowest BCUT2D eigenvalue weighted by Gasteiger charge is -2.14. The second-order valence-corrected chi connectivity index (χ2v) is 7.79. The first-order valence-electron chi connectivity index (χ1n) is 11.0. The van der Waals surface area contributed by atoms with Crippen molar-refractivity contribution in [2.75, 3.05) is 18.5 Å². The standard InChI is InChI=1S/C27H29N3O4/c1-5-33-25-15-21(16-28-30-27(32)22-12-9-18(2)10-13-22)11-14-24(25)34-17-26(31)29-23-8-6-7-19(3)20(23)4/h6-16H,5,17H2,1-4H3,(H,29,31)(H,30,32)/b28-16+. The van der Waals surface area contributed by atoms with Crippen LogP contribution in [0.15, 0.2) is 65.8 Å². The van der Waals surface area contributed by atoms with E-state index in [0.717, 1.165) is 22.4 Å². The SMILES string of the molecule is CCOc1cc(/C=N/NC(=O)c2ccc(C)cc2)ccc1OCC(=O)Nc1cccc(C)c1C. The van der Waals surface area contributed by atoms with E-state index in [1.807, 2.05) is 58.0 Å². The summed E-state index contributed by atoms with van der Waals surface area (Å²) in [7, 11) is 0. The topological polar surface area (TPSA) is 89.0 Å². The molecule has 0 bridgehead atoms. The van der Waals surface area contributed by atoms with Crippen LogP contribution in [0.25, 0.3) is 0 Å². The largest absolute Gasteiger partial charge is 0.490 e. The predicted molar refractivity (Wildman–Crippen MR) is 134 cm³/mol. The molecule has 3 aromatic rings. The molecule has 7 heteroatoms. The van der Waals surface area contributed by atoms with E-state index in [-0.39, 0.29) is 18.4 Å². The summed E-state index contributed by atoms with van der Waals surface area (Å²) in [6.07, 6.45) is 1.52. The monoisotopic (exact) mass is 459 g/mol. The van der Waals surface area contributed by atoms with Gasteiger partial charge in [-0.05, 0) is 80.8 Å². The second kappa shape index (κ2) is 11.7. The van der Waals surface area contributed by atoms with Gasteiger partial charge in [0.1, 0.15) is 0 Å². The Kier molecular flexibility index (Phi) is 8.40. The molecule has 7 nitrogen and oxygen atoms in total. The molecular weight excluding hydrogens is 430 g/mol. The highest BCUT2D eigenvalue weighted by molar-refractivity contribution is 5.95. The molecule has 0 atom stereocenters. The lowest BCUT2D eigenvalue weighted by Crippen LogP contribution is -2.21. The number of carbonyl (C=O) groups excluding carboxylic acids is 2. The van der Waals surface area contributed by atoms with Crippen molar-refractivity contribution < 1.29 is 19.1 Å². The number of rotatable bonds is 9. The van der Waals surface area contributed by atoms with Gasteiger partial charge in [0, 0.05) is 11.3 Å². The van der Waals surface area contributed by atoms with Gasteiger partial charge < -0.3 is 14.8 Å². The predicted octanol–water partition coefficient (Wildman–Crippen LogP) is 4.79. The van der Waals surface area contributed by atoms with E-state index in [4.69, 9.17) is 9.47 Å². The van der Waals surface area contributed by atoms with Crippen LogP contribution in [0.1, 0.15) is 39.5 Å².